The van der Waals surface area contributed by atoms with Gasteiger partial charge in [0.05, 0.1) is 18.3 Å². The Bertz CT molecular complexity index is 520. The van der Waals surface area contributed by atoms with Crippen molar-refractivity contribution < 1.29 is 0 Å². The molecule has 20 heavy (non-hydrogen) atoms. The molecule has 0 spiro atoms. The van der Waals surface area contributed by atoms with Gasteiger partial charge in [0, 0.05) is 30.6 Å². The second-order valence-electron chi connectivity index (χ2n) is 5.57. The van der Waals surface area contributed by atoms with Crippen molar-refractivity contribution in [2.24, 2.45) is 5.73 Å². The number of hydrogen-bond donors (Lipinski definition) is 1. The zero-order valence-electron chi connectivity index (χ0n) is 12.8. The van der Waals surface area contributed by atoms with Crippen LogP contribution < -0.4 is 5.73 Å². The molecular weight excluding hydrogens is 248 g/mol. The van der Waals surface area contributed by atoms with Crippen LogP contribution in [0, 0.1) is 0 Å². The van der Waals surface area contributed by atoms with Crippen molar-refractivity contribution in [2.45, 2.75) is 58.7 Å². The molecule has 110 valence electrons. The summed E-state index contributed by atoms with van der Waals surface area (Å²) in [6, 6.07) is 7.04. The van der Waals surface area contributed by atoms with Gasteiger partial charge in [-0.05, 0) is 38.0 Å². The van der Waals surface area contributed by atoms with Crippen LogP contribution in [0.3, 0.4) is 0 Å². The van der Waals surface area contributed by atoms with Crippen molar-refractivity contribution in [1.82, 2.24) is 14.3 Å². The van der Waals surface area contributed by atoms with Crippen LogP contribution in [0.25, 0.3) is 0 Å². The van der Waals surface area contributed by atoms with Gasteiger partial charge in [0.15, 0.2) is 0 Å². The molecule has 2 rings (SSSR count). The summed E-state index contributed by atoms with van der Waals surface area (Å²) in [5.74, 6) is 0. The summed E-state index contributed by atoms with van der Waals surface area (Å²) in [5.41, 5.74) is 8.28. The minimum absolute atomic E-state index is 0.186. The molecule has 0 bridgehead atoms. The van der Waals surface area contributed by atoms with Gasteiger partial charge in [-0.2, -0.15) is 5.10 Å². The lowest BCUT2D eigenvalue weighted by molar-refractivity contribution is 0.424. The average Bonchev–Trinajstić information content (AvgIpc) is 3.02. The maximum Gasteiger partial charge on any atom is 0.0821 e. The van der Waals surface area contributed by atoms with Crippen LogP contribution in [0.4, 0.5) is 0 Å². The first-order chi connectivity index (χ1) is 9.63. The minimum Gasteiger partial charge on any atom is -0.345 e. The van der Waals surface area contributed by atoms with E-state index in [9.17, 15) is 0 Å². The first kappa shape index (κ1) is 14.9. The van der Waals surface area contributed by atoms with Gasteiger partial charge in [0.25, 0.3) is 0 Å². The van der Waals surface area contributed by atoms with E-state index in [2.05, 4.69) is 53.7 Å². The molecule has 2 N–H and O–H groups in total. The molecule has 1 atom stereocenters. The number of nitrogens with two attached hydrogens (primary N) is 1. The third kappa shape index (κ3) is 3.51. The highest BCUT2D eigenvalue weighted by atomic mass is 15.3. The van der Waals surface area contributed by atoms with E-state index >= 15 is 0 Å². The van der Waals surface area contributed by atoms with Crippen molar-refractivity contribution in [3.8, 4) is 0 Å². The van der Waals surface area contributed by atoms with E-state index < -0.39 is 0 Å². The zero-order chi connectivity index (χ0) is 14.5. The van der Waals surface area contributed by atoms with Crippen molar-refractivity contribution in [1.29, 1.82) is 0 Å². The molecule has 0 aliphatic carbocycles. The van der Waals surface area contributed by atoms with Crippen LogP contribution >= 0.6 is 0 Å². The molecule has 4 nitrogen and oxygen atoms in total. The predicted octanol–water partition coefficient (Wildman–Crippen LogP) is 2.98. The fourth-order valence-corrected chi connectivity index (χ4v) is 2.62. The fourth-order valence-electron chi connectivity index (χ4n) is 2.62. The van der Waals surface area contributed by atoms with E-state index in [1.165, 1.54) is 5.69 Å². The number of nitrogens with zero attached hydrogens (tertiary/aromatic N) is 3. The van der Waals surface area contributed by atoms with Crippen LogP contribution in [0.15, 0.2) is 30.6 Å². The quantitative estimate of drug-likeness (QED) is 0.844. The molecule has 0 aliphatic rings. The van der Waals surface area contributed by atoms with Gasteiger partial charge in [-0.15, -0.1) is 0 Å². The van der Waals surface area contributed by atoms with Crippen molar-refractivity contribution in [3.05, 3.63) is 42.0 Å². The highest BCUT2D eigenvalue weighted by Gasteiger charge is 2.09. The molecule has 0 radical (unpaired) electrons. The number of aromatic nitrogens is 3. The van der Waals surface area contributed by atoms with Crippen molar-refractivity contribution in [2.75, 3.05) is 0 Å². The second-order valence-corrected chi connectivity index (χ2v) is 5.57. The highest BCUT2D eigenvalue weighted by Crippen LogP contribution is 2.15. The normalized spacial score (nSPS) is 13.1. The van der Waals surface area contributed by atoms with Crippen LogP contribution in [-0.2, 0) is 13.0 Å². The van der Waals surface area contributed by atoms with E-state index in [1.807, 2.05) is 6.92 Å². The standard InChI is InChI=1S/C16H26N4/c1-4-15(5-2)20-10-8-14(18-20)12-19-9-6-7-16(19)11-13(3)17/h6-10,13,15H,4-5,11-12,17H2,1-3H3. The van der Waals surface area contributed by atoms with E-state index in [0.29, 0.717) is 6.04 Å². The summed E-state index contributed by atoms with van der Waals surface area (Å²) in [4.78, 5) is 0. The maximum absolute atomic E-state index is 5.89. The summed E-state index contributed by atoms with van der Waals surface area (Å²) < 4.78 is 4.34. The number of rotatable bonds is 7. The van der Waals surface area contributed by atoms with E-state index in [-0.39, 0.29) is 6.04 Å². The van der Waals surface area contributed by atoms with Gasteiger partial charge in [0.1, 0.15) is 0 Å². The Kier molecular flexibility index (Phi) is 5.01. The van der Waals surface area contributed by atoms with Crippen molar-refractivity contribution >= 4 is 0 Å². The summed E-state index contributed by atoms with van der Waals surface area (Å²) in [6.07, 6.45) is 7.35. The Hall–Kier alpha value is -1.55. The highest BCUT2D eigenvalue weighted by molar-refractivity contribution is 5.12. The molecule has 2 aromatic rings. The Morgan fingerprint density at radius 2 is 1.95 bits per heavy atom. The minimum atomic E-state index is 0.186. The van der Waals surface area contributed by atoms with Crippen LogP contribution in [0.1, 0.15) is 51.0 Å². The lowest BCUT2D eigenvalue weighted by Gasteiger charge is -2.13. The molecule has 0 amide bonds. The Morgan fingerprint density at radius 1 is 1.20 bits per heavy atom. The van der Waals surface area contributed by atoms with E-state index in [1.54, 1.807) is 0 Å². The molecule has 2 heterocycles. The molecule has 0 saturated heterocycles. The second kappa shape index (κ2) is 6.75. The largest absolute Gasteiger partial charge is 0.345 e. The summed E-state index contributed by atoms with van der Waals surface area (Å²) in [7, 11) is 0. The SMILES string of the molecule is CCC(CC)n1ccc(Cn2cccc2CC(C)N)n1. The molecule has 1 unspecified atom stereocenters. The average molecular weight is 274 g/mol. The van der Waals surface area contributed by atoms with Gasteiger partial charge in [-0.3, -0.25) is 4.68 Å². The van der Waals surface area contributed by atoms with Crippen molar-refractivity contribution in [3.63, 3.8) is 0 Å². The zero-order valence-corrected chi connectivity index (χ0v) is 12.8. The summed E-state index contributed by atoms with van der Waals surface area (Å²) in [5, 5.41) is 4.71. The molecular formula is C16H26N4. The Morgan fingerprint density at radius 3 is 2.60 bits per heavy atom. The molecule has 0 saturated carbocycles. The smallest absolute Gasteiger partial charge is 0.0821 e. The fraction of sp³-hybridized carbons (Fsp3) is 0.562. The van der Waals surface area contributed by atoms with Gasteiger partial charge in [-0.1, -0.05) is 13.8 Å². The monoisotopic (exact) mass is 274 g/mol. The van der Waals surface area contributed by atoms with Gasteiger partial charge < -0.3 is 10.3 Å². The lowest BCUT2D eigenvalue weighted by Crippen LogP contribution is -2.20. The summed E-state index contributed by atoms with van der Waals surface area (Å²) in [6.45, 7) is 7.28. The number of hydrogen-bond acceptors (Lipinski definition) is 2. The first-order valence-electron chi connectivity index (χ1n) is 7.57. The van der Waals surface area contributed by atoms with Crippen LogP contribution in [-0.4, -0.2) is 20.4 Å². The Labute approximate surface area is 121 Å². The van der Waals surface area contributed by atoms with Gasteiger partial charge >= 0.3 is 0 Å². The first-order valence-corrected chi connectivity index (χ1v) is 7.57. The van der Waals surface area contributed by atoms with E-state index in [4.69, 9.17) is 10.8 Å². The third-order valence-electron chi connectivity index (χ3n) is 3.77. The van der Waals surface area contributed by atoms with Gasteiger partial charge in [0.2, 0.25) is 0 Å². The third-order valence-corrected chi connectivity index (χ3v) is 3.77. The maximum atomic E-state index is 5.89. The molecule has 0 fully saturated rings. The lowest BCUT2D eigenvalue weighted by atomic mass is 10.2. The van der Waals surface area contributed by atoms with Crippen LogP contribution in [0.2, 0.25) is 0 Å². The molecule has 0 aromatic carbocycles. The predicted molar refractivity (Wildman–Crippen MR) is 82.7 cm³/mol. The molecule has 4 heteroatoms. The Balaban J connectivity index is 2.09. The summed E-state index contributed by atoms with van der Waals surface area (Å²) >= 11 is 0. The van der Waals surface area contributed by atoms with Crippen LogP contribution in [0.5, 0.6) is 0 Å². The van der Waals surface area contributed by atoms with E-state index in [0.717, 1.165) is 31.5 Å². The topological polar surface area (TPSA) is 48.8 Å². The molecule has 2 aromatic heterocycles. The van der Waals surface area contributed by atoms with Gasteiger partial charge in [-0.25, -0.2) is 0 Å². The molecule has 0 aliphatic heterocycles.